The van der Waals surface area contributed by atoms with E-state index in [1.165, 1.54) is 6.07 Å². The third-order valence-corrected chi connectivity index (χ3v) is 5.40. The van der Waals surface area contributed by atoms with E-state index in [0.717, 1.165) is 11.8 Å². The third kappa shape index (κ3) is 5.32. The molecule has 2 N–H and O–H groups in total. The molecule has 1 aromatic heterocycles. The monoisotopic (exact) mass is 456 g/mol. The Labute approximate surface area is 207 Å². The summed E-state index contributed by atoms with van der Waals surface area (Å²) in [7, 11) is -4.74. The number of nitrogen functional groups attached to an aromatic ring is 1. The standard InChI is InChI=1S/C22H18N4O4S.Na/c23-22-17-9-2-1-8-16(17)21(31(27,28)29)13-19(22)26-25-18-10-3-4-11-20(18)30-14-15-7-5-6-12-24-15;/h1-13H,14,23H2,(H,27,28,29);/q;+1/p-1. The SMILES string of the molecule is Nc1c(N=Nc2ccccc2OCc2ccccn2)cc(S(=O)(=O)[O-])c2ccccc12.[Na+]. The summed E-state index contributed by atoms with van der Waals surface area (Å²) in [5.74, 6) is 0.466. The molecule has 10 heteroatoms. The Morgan fingerprint density at radius 1 is 0.906 bits per heavy atom. The molecule has 156 valence electrons. The average Bonchev–Trinajstić information content (AvgIpc) is 2.78. The minimum atomic E-state index is -4.74. The van der Waals surface area contributed by atoms with E-state index in [0.29, 0.717) is 16.8 Å². The summed E-state index contributed by atoms with van der Waals surface area (Å²) in [6, 6.07) is 20.1. The maximum Gasteiger partial charge on any atom is 1.00 e. The Kier molecular flexibility index (Phi) is 7.60. The van der Waals surface area contributed by atoms with Crippen molar-refractivity contribution in [2.75, 3.05) is 5.73 Å². The second kappa shape index (κ2) is 10.2. The van der Waals surface area contributed by atoms with Crippen molar-refractivity contribution in [3.05, 3.63) is 84.7 Å². The fourth-order valence-electron chi connectivity index (χ4n) is 3.04. The Morgan fingerprint density at radius 3 is 2.28 bits per heavy atom. The molecule has 3 aromatic carbocycles. The number of para-hydroxylation sites is 1. The van der Waals surface area contributed by atoms with Gasteiger partial charge in [0.2, 0.25) is 0 Å². The van der Waals surface area contributed by atoms with E-state index < -0.39 is 15.0 Å². The van der Waals surface area contributed by atoms with Gasteiger partial charge in [-0.1, -0.05) is 42.5 Å². The Hall–Kier alpha value is -2.82. The topological polar surface area (TPSA) is 130 Å². The number of nitrogens with zero attached hydrogens (tertiary/aromatic N) is 3. The van der Waals surface area contributed by atoms with Crippen LogP contribution in [-0.4, -0.2) is 18.0 Å². The molecule has 0 aliphatic heterocycles. The molecule has 0 unspecified atom stereocenters. The van der Waals surface area contributed by atoms with Crippen molar-refractivity contribution in [3.8, 4) is 5.75 Å². The summed E-state index contributed by atoms with van der Waals surface area (Å²) in [4.78, 5) is 3.81. The van der Waals surface area contributed by atoms with Crippen LogP contribution in [0.2, 0.25) is 0 Å². The molecule has 8 nitrogen and oxygen atoms in total. The summed E-state index contributed by atoms with van der Waals surface area (Å²) in [5, 5.41) is 8.95. The Morgan fingerprint density at radius 2 is 1.56 bits per heavy atom. The van der Waals surface area contributed by atoms with Crippen LogP contribution in [0.5, 0.6) is 5.75 Å². The molecular formula is C22H17N4NaO4S. The van der Waals surface area contributed by atoms with Gasteiger partial charge in [-0.25, -0.2) is 8.42 Å². The largest absolute Gasteiger partial charge is 1.00 e. The van der Waals surface area contributed by atoms with E-state index in [9.17, 15) is 13.0 Å². The quantitative estimate of drug-likeness (QED) is 0.203. The number of anilines is 1. The van der Waals surface area contributed by atoms with Crippen LogP contribution in [0.25, 0.3) is 10.8 Å². The van der Waals surface area contributed by atoms with Gasteiger partial charge in [-0.2, -0.15) is 0 Å². The molecule has 0 saturated carbocycles. The fourth-order valence-corrected chi connectivity index (χ4v) is 3.75. The molecule has 0 fully saturated rings. The number of ether oxygens (including phenoxy) is 1. The van der Waals surface area contributed by atoms with Crippen molar-refractivity contribution in [2.24, 2.45) is 10.2 Å². The van der Waals surface area contributed by atoms with Gasteiger partial charge in [0.15, 0.2) is 0 Å². The molecule has 0 aliphatic carbocycles. The number of hydrogen-bond donors (Lipinski definition) is 1. The van der Waals surface area contributed by atoms with Gasteiger partial charge >= 0.3 is 29.6 Å². The molecule has 0 atom stereocenters. The van der Waals surface area contributed by atoms with Crippen molar-refractivity contribution in [3.63, 3.8) is 0 Å². The van der Waals surface area contributed by atoms with Crippen molar-refractivity contribution >= 4 is 38.0 Å². The van der Waals surface area contributed by atoms with E-state index in [-0.39, 0.29) is 52.9 Å². The zero-order chi connectivity index (χ0) is 21.8. The van der Waals surface area contributed by atoms with E-state index in [4.69, 9.17) is 10.5 Å². The minimum absolute atomic E-state index is 0. The summed E-state index contributed by atoms with van der Waals surface area (Å²) in [5.41, 5.74) is 7.64. The third-order valence-electron chi connectivity index (χ3n) is 4.53. The summed E-state index contributed by atoms with van der Waals surface area (Å²) < 4.78 is 41.1. The molecule has 1 heterocycles. The molecule has 32 heavy (non-hydrogen) atoms. The smallest absolute Gasteiger partial charge is 0.744 e. The van der Waals surface area contributed by atoms with Gasteiger partial charge in [-0.3, -0.25) is 4.98 Å². The van der Waals surface area contributed by atoms with Crippen molar-refractivity contribution in [2.45, 2.75) is 11.5 Å². The van der Waals surface area contributed by atoms with Gasteiger partial charge in [0.1, 0.15) is 33.8 Å². The predicted octanol–water partition coefficient (Wildman–Crippen LogP) is 1.72. The van der Waals surface area contributed by atoms with Crippen LogP contribution in [0.3, 0.4) is 0 Å². The average molecular weight is 456 g/mol. The van der Waals surface area contributed by atoms with E-state index in [2.05, 4.69) is 15.2 Å². The number of benzene rings is 3. The van der Waals surface area contributed by atoms with Gasteiger partial charge in [0.25, 0.3) is 0 Å². The van der Waals surface area contributed by atoms with Gasteiger partial charge in [-0.15, -0.1) is 10.2 Å². The maximum atomic E-state index is 11.8. The van der Waals surface area contributed by atoms with Crippen LogP contribution < -0.4 is 40.0 Å². The zero-order valence-electron chi connectivity index (χ0n) is 17.2. The van der Waals surface area contributed by atoms with Gasteiger partial charge in [0.05, 0.1) is 16.3 Å². The fraction of sp³-hybridized carbons (Fsp3) is 0.0455. The number of fused-ring (bicyclic) bond motifs is 1. The van der Waals surface area contributed by atoms with Crippen molar-refractivity contribution in [1.82, 2.24) is 4.98 Å². The molecule has 4 rings (SSSR count). The molecule has 0 amide bonds. The predicted molar refractivity (Wildman–Crippen MR) is 116 cm³/mol. The molecule has 4 aromatic rings. The van der Waals surface area contributed by atoms with E-state index in [1.54, 1.807) is 48.7 Å². The summed E-state index contributed by atoms with van der Waals surface area (Å²) in [6.45, 7) is 0.240. The molecule has 0 saturated heterocycles. The number of nitrogens with two attached hydrogens (primary N) is 1. The first-order valence-electron chi connectivity index (χ1n) is 9.24. The van der Waals surface area contributed by atoms with Crippen LogP contribution in [-0.2, 0) is 16.7 Å². The molecular weight excluding hydrogens is 439 g/mol. The second-order valence-corrected chi connectivity index (χ2v) is 7.93. The minimum Gasteiger partial charge on any atom is -0.744 e. The summed E-state index contributed by atoms with van der Waals surface area (Å²) >= 11 is 0. The number of pyridine rings is 1. The van der Waals surface area contributed by atoms with Gasteiger partial charge < -0.3 is 15.0 Å². The first kappa shape index (κ1) is 23.8. The van der Waals surface area contributed by atoms with Crippen LogP contribution in [0, 0.1) is 0 Å². The molecule has 0 bridgehead atoms. The first-order chi connectivity index (χ1) is 14.9. The number of hydrogen-bond acceptors (Lipinski definition) is 8. The number of rotatable bonds is 6. The van der Waals surface area contributed by atoms with E-state index >= 15 is 0 Å². The van der Waals surface area contributed by atoms with Crippen molar-refractivity contribution in [1.29, 1.82) is 0 Å². The van der Waals surface area contributed by atoms with Crippen LogP contribution >= 0.6 is 0 Å². The molecule has 0 spiro atoms. The molecule has 0 radical (unpaired) electrons. The van der Waals surface area contributed by atoms with Crippen LogP contribution in [0.1, 0.15) is 5.69 Å². The van der Waals surface area contributed by atoms with Gasteiger partial charge in [-0.05, 0) is 30.3 Å². The van der Waals surface area contributed by atoms with E-state index in [1.807, 2.05) is 18.2 Å². The van der Waals surface area contributed by atoms with Crippen LogP contribution in [0.4, 0.5) is 17.1 Å². The molecule has 0 aliphatic rings. The Balaban J connectivity index is 0.00000289. The maximum absolute atomic E-state index is 11.8. The van der Waals surface area contributed by atoms with Gasteiger partial charge in [0, 0.05) is 17.0 Å². The first-order valence-corrected chi connectivity index (χ1v) is 10.6. The number of aromatic nitrogens is 1. The summed E-state index contributed by atoms with van der Waals surface area (Å²) in [6.07, 6.45) is 1.68. The number of azo groups is 1. The van der Waals surface area contributed by atoms with Crippen LogP contribution in [0.15, 0.2) is 94.1 Å². The van der Waals surface area contributed by atoms with Crippen molar-refractivity contribution < 1.29 is 47.3 Å². The zero-order valence-corrected chi connectivity index (χ0v) is 20.0. The normalized spacial score (nSPS) is 11.4. The Bertz CT molecular complexity index is 1380. The second-order valence-electron chi connectivity index (χ2n) is 6.58.